The van der Waals surface area contributed by atoms with E-state index in [1.54, 1.807) is 13.1 Å². The minimum atomic E-state index is -0.591. The molecular formula is C11H15N3O3. The molecule has 6 heteroatoms. The van der Waals surface area contributed by atoms with Gasteiger partial charge in [-0.15, -0.1) is 0 Å². The van der Waals surface area contributed by atoms with Gasteiger partial charge in [0.1, 0.15) is 5.56 Å². The van der Waals surface area contributed by atoms with Gasteiger partial charge >= 0.3 is 0 Å². The summed E-state index contributed by atoms with van der Waals surface area (Å²) in [5, 5.41) is 12.7. The molecule has 1 fully saturated rings. The van der Waals surface area contributed by atoms with E-state index in [4.69, 9.17) is 0 Å². The third-order valence-corrected chi connectivity index (χ3v) is 3.02. The summed E-state index contributed by atoms with van der Waals surface area (Å²) in [5.74, 6) is -0.375. The second-order valence-electron chi connectivity index (χ2n) is 4.12. The quantitative estimate of drug-likeness (QED) is 0.602. The summed E-state index contributed by atoms with van der Waals surface area (Å²) in [6.07, 6.45) is 0.886. The number of aliphatic hydroxyl groups excluding tert-OH is 1. The van der Waals surface area contributed by atoms with Gasteiger partial charge in [0.15, 0.2) is 0 Å². The molecule has 0 spiro atoms. The summed E-state index contributed by atoms with van der Waals surface area (Å²) in [7, 11) is 1.59. The highest BCUT2D eigenvalue weighted by Crippen LogP contribution is 2.09. The Morgan fingerprint density at radius 3 is 2.88 bits per heavy atom. The molecule has 1 amide bonds. The molecule has 0 bridgehead atoms. The zero-order chi connectivity index (χ0) is 12.4. The Labute approximate surface area is 98.3 Å². The van der Waals surface area contributed by atoms with Gasteiger partial charge in [-0.25, -0.2) is 0 Å². The second kappa shape index (κ2) is 4.68. The average Bonchev–Trinajstić information content (AvgIpc) is 2.74. The molecule has 0 unspecified atom stereocenters. The van der Waals surface area contributed by atoms with Crippen LogP contribution in [0.25, 0.3) is 0 Å². The molecule has 1 aliphatic heterocycles. The molecule has 92 valence electrons. The van der Waals surface area contributed by atoms with E-state index in [0.29, 0.717) is 13.1 Å². The topological polar surface area (TPSA) is 85.4 Å². The van der Waals surface area contributed by atoms with Crippen LogP contribution in [0.4, 0.5) is 0 Å². The Morgan fingerprint density at radius 2 is 2.29 bits per heavy atom. The number of nitrogens with zero attached hydrogens (tertiary/aromatic N) is 1. The van der Waals surface area contributed by atoms with Crippen LogP contribution in [0.2, 0.25) is 0 Å². The summed E-state index contributed by atoms with van der Waals surface area (Å²) in [5.41, 5.74) is -0.320. The summed E-state index contributed by atoms with van der Waals surface area (Å²) in [6, 6.07) is 2.79. The summed E-state index contributed by atoms with van der Waals surface area (Å²) >= 11 is 0. The summed E-state index contributed by atoms with van der Waals surface area (Å²) in [6.45, 7) is 1.00. The molecular weight excluding hydrogens is 222 g/mol. The van der Waals surface area contributed by atoms with Crippen LogP contribution in [0.5, 0.6) is 0 Å². The maximum Gasteiger partial charge on any atom is 0.260 e. The van der Waals surface area contributed by atoms with Gasteiger partial charge in [0.2, 0.25) is 0 Å². The number of hydrogen-bond acceptors (Lipinski definition) is 4. The maximum atomic E-state index is 12.1. The molecule has 0 aromatic carbocycles. The number of β-amino-alcohol motifs (C(OH)–C–C–N with tert-alkyl or cyclic N) is 1. The highest BCUT2D eigenvalue weighted by atomic mass is 16.3. The van der Waals surface area contributed by atoms with E-state index in [0.717, 1.165) is 0 Å². The SMILES string of the molecule is CN(C(=O)c1ccc[nH]c1=O)[C@@H]1CNC[C@H]1O. The number of aliphatic hydroxyl groups is 1. The molecule has 0 radical (unpaired) electrons. The second-order valence-corrected chi connectivity index (χ2v) is 4.12. The molecule has 2 rings (SSSR count). The molecule has 1 aromatic heterocycles. The van der Waals surface area contributed by atoms with Gasteiger partial charge in [-0.1, -0.05) is 0 Å². The van der Waals surface area contributed by atoms with Crippen LogP contribution < -0.4 is 10.9 Å². The molecule has 0 saturated carbocycles. The molecule has 1 aromatic rings. The van der Waals surface area contributed by atoms with Crippen molar-refractivity contribution in [3.63, 3.8) is 0 Å². The first kappa shape index (κ1) is 11.8. The standard InChI is InChI=1S/C11H15N3O3/c1-14(8-5-12-6-9(8)15)11(17)7-3-2-4-13-10(7)16/h2-4,8-9,12,15H,5-6H2,1H3,(H,13,16)/t8-,9-/m1/s1. The molecule has 2 atom stereocenters. The van der Waals surface area contributed by atoms with Crippen molar-refractivity contribution in [3.05, 3.63) is 34.2 Å². The number of hydrogen-bond donors (Lipinski definition) is 3. The lowest BCUT2D eigenvalue weighted by atomic mass is 10.1. The van der Waals surface area contributed by atoms with Crippen molar-refractivity contribution >= 4 is 5.91 Å². The van der Waals surface area contributed by atoms with Crippen molar-refractivity contribution in [1.82, 2.24) is 15.2 Å². The van der Waals surface area contributed by atoms with E-state index >= 15 is 0 Å². The fourth-order valence-electron chi connectivity index (χ4n) is 1.98. The number of carbonyl (C=O) groups is 1. The number of nitrogens with one attached hydrogen (secondary N) is 2. The van der Waals surface area contributed by atoms with Crippen molar-refractivity contribution in [2.24, 2.45) is 0 Å². The molecule has 0 aliphatic carbocycles. The van der Waals surface area contributed by atoms with E-state index in [1.807, 2.05) is 0 Å². The van der Waals surface area contributed by atoms with Gasteiger partial charge in [-0.05, 0) is 12.1 Å². The van der Waals surface area contributed by atoms with Gasteiger partial charge in [0, 0.05) is 26.3 Å². The predicted octanol–water partition coefficient (Wildman–Crippen LogP) is -1.22. The normalized spacial score (nSPS) is 23.6. The van der Waals surface area contributed by atoms with Crippen molar-refractivity contribution < 1.29 is 9.90 Å². The lowest BCUT2D eigenvalue weighted by molar-refractivity contribution is 0.0579. The Bertz CT molecular complexity index is 471. The fraction of sp³-hybridized carbons (Fsp3) is 0.455. The smallest absolute Gasteiger partial charge is 0.260 e. The number of pyridine rings is 1. The zero-order valence-electron chi connectivity index (χ0n) is 9.51. The Morgan fingerprint density at radius 1 is 1.53 bits per heavy atom. The largest absolute Gasteiger partial charge is 0.390 e. The number of aromatic nitrogens is 1. The van der Waals surface area contributed by atoms with E-state index in [-0.39, 0.29) is 17.5 Å². The monoisotopic (exact) mass is 237 g/mol. The molecule has 3 N–H and O–H groups in total. The van der Waals surface area contributed by atoms with E-state index < -0.39 is 11.7 Å². The number of amides is 1. The van der Waals surface area contributed by atoms with Gasteiger partial charge in [-0.3, -0.25) is 9.59 Å². The lowest BCUT2D eigenvalue weighted by Crippen LogP contribution is -2.45. The minimum Gasteiger partial charge on any atom is -0.390 e. The molecule has 1 aliphatic rings. The van der Waals surface area contributed by atoms with Crippen molar-refractivity contribution in [3.8, 4) is 0 Å². The van der Waals surface area contributed by atoms with Crippen LogP contribution in [-0.4, -0.2) is 53.2 Å². The highest BCUT2D eigenvalue weighted by molar-refractivity contribution is 5.93. The summed E-state index contributed by atoms with van der Waals surface area (Å²) < 4.78 is 0. The zero-order valence-corrected chi connectivity index (χ0v) is 9.51. The Kier molecular flexibility index (Phi) is 3.26. The molecule has 1 saturated heterocycles. The van der Waals surface area contributed by atoms with Gasteiger partial charge in [-0.2, -0.15) is 0 Å². The Balaban J connectivity index is 2.20. The highest BCUT2D eigenvalue weighted by Gasteiger charge is 2.32. The summed E-state index contributed by atoms with van der Waals surface area (Å²) in [4.78, 5) is 27.4. The number of rotatable bonds is 2. The average molecular weight is 237 g/mol. The van der Waals surface area contributed by atoms with Crippen LogP contribution in [0.1, 0.15) is 10.4 Å². The molecule has 17 heavy (non-hydrogen) atoms. The van der Waals surface area contributed by atoms with E-state index in [1.165, 1.54) is 17.2 Å². The van der Waals surface area contributed by atoms with Crippen LogP contribution in [-0.2, 0) is 0 Å². The number of aromatic amines is 1. The Hall–Kier alpha value is -1.66. The fourth-order valence-corrected chi connectivity index (χ4v) is 1.98. The predicted molar refractivity (Wildman–Crippen MR) is 61.8 cm³/mol. The minimum absolute atomic E-state index is 0.0918. The van der Waals surface area contributed by atoms with E-state index in [9.17, 15) is 14.7 Å². The lowest BCUT2D eigenvalue weighted by Gasteiger charge is -2.26. The first-order chi connectivity index (χ1) is 8.11. The number of likely N-dealkylation sites (N-methyl/N-ethyl adjacent to an activating group) is 1. The number of H-pyrrole nitrogens is 1. The van der Waals surface area contributed by atoms with Gasteiger partial charge < -0.3 is 20.3 Å². The van der Waals surface area contributed by atoms with Crippen LogP contribution in [0.15, 0.2) is 23.1 Å². The van der Waals surface area contributed by atoms with Crippen LogP contribution in [0.3, 0.4) is 0 Å². The van der Waals surface area contributed by atoms with Crippen molar-refractivity contribution in [1.29, 1.82) is 0 Å². The van der Waals surface area contributed by atoms with Gasteiger partial charge in [0.25, 0.3) is 11.5 Å². The first-order valence-corrected chi connectivity index (χ1v) is 5.45. The maximum absolute atomic E-state index is 12.1. The van der Waals surface area contributed by atoms with Crippen molar-refractivity contribution in [2.75, 3.05) is 20.1 Å². The number of carbonyl (C=O) groups excluding carboxylic acids is 1. The van der Waals surface area contributed by atoms with E-state index in [2.05, 4.69) is 10.3 Å². The van der Waals surface area contributed by atoms with Crippen LogP contribution in [0, 0.1) is 0 Å². The first-order valence-electron chi connectivity index (χ1n) is 5.45. The van der Waals surface area contributed by atoms with Gasteiger partial charge in [0.05, 0.1) is 12.1 Å². The molecule has 6 nitrogen and oxygen atoms in total. The third-order valence-electron chi connectivity index (χ3n) is 3.02. The molecule has 2 heterocycles. The van der Waals surface area contributed by atoms with Crippen molar-refractivity contribution in [2.45, 2.75) is 12.1 Å². The third kappa shape index (κ3) is 2.22. The van der Waals surface area contributed by atoms with Crippen LogP contribution >= 0.6 is 0 Å².